The average Bonchev–Trinajstić information content (AvgIpc) is 3.83. The molecule has 0 aliphatic carbocycles. The van der Waals surface area contributed by atoms with Gasteiger partial charge < -0.3 is 9.32 Å². The molecular formula is C52H33NOS. The molecule has 0 bridgehead atoms. The van der Waals surface area contributed by atoms with Crippen molar-refractivity contribution in [2.75, 3.05) is 4.90 Å². The molecule has 55 heavy (non-hydrogen) atoms. The van der Waals surface area contributed by atoms with Crippen LogP contribution in [0.1, 0.15) is 0 Å². The molecule has 0 atom stereocenters. The summed E-state index contributed by atoms with van der Waals surface area (Å²) in [6.45, 7) is 0. The third-order valence-corrected chi connectivity index (χ3v) is 12.1. The Morgan fingerprint density at radius 3 is 1.82 bits per heavy atom. The van der Waals surface area contributed by atoms with Gasteiger partial charge in [0, 0.05) is 37.6 Å². The Hall–Kier alpha value is -6.94. The summed E-state index contributed by atoms with van der Waals surface area (Å²) in [5.74, 6) is 0. The minimum atomic E-state index is 0.904. The van der Waals surface area contributed by atoms with Crippen molar-refractivity contribution in [2.24, 2.45) is 0 Å². The van der Waals surface area contributed by atoms with Crippen molar-refractivity contribution in [3.8, 4) is 33.4 Å². The van der Waals surface area contributed by atoms with Crippen LogP contribution in [0.2, 0.25) is 0 Å². The predicted octanol–water partition coefficient (Wildman–Crippen LogP) is 15.6. The van der Waals surface area contributed by atoms with Crippen molar-refractivity contribution >= 4 is 81.3 Å². The van der Waals surface area contributed by atoms with Crippen molar-refractivity contribution < 1.29 is 4.42 Å². The summed E-state index contributed by atoms with van der Waals surface area (Å²) in [7, 11) is 0. The first-order valence-corrected chi connectivity index (χ1v) is 19.5. The molecule has 2 nitrogen and oxygen atoms in total. The number of thiophene rings is 1. The van der Waals surface area contributed by atoms with Gasteiger partial charge in [-0.3, -0.25) is 0 Å². The Kier molecular flexibility index (Phi) is 7.39. The summed E-state index contributed by atoms with van der Waals surface area (Å²) in [5, 5.41) is 7.36. The molecule has 0 radical (unpaired) electrons. The van der Waals surface area contributed by atoms with E-state index in [1.54, 1.807) is 0 Å². The molecular weight excluding hydrogens is 687 g/mol. The maximum atomic E-state index is 6.26. The third kappa shape index (κ3) is 5.32. The van der Waals surface area contributed by atoms with Crippen molar-refractivity contribution in [3.63, 3.8) is 0 Å². The van der Waals surface area contributed by atoms with Crippen LogP contribution < -0.4 is 4.90 Å². The molecule has 0 saturated carbocycles. The standard InChI is InChI=1S/C52H33NOS/c1-2-11-36(12-3-1)43-31-32-47(52-51(43)46-17-7-9-20-50(46)55-52)53(40-28-23-37(24-29-40)42-18-10-14-35-13-4-5-15-41(35)42)39-26-21-34(22-27-39)38-25-30-45-44-16-6-8-19-48(44)54-49(45)33-38/h1-33H. The average molecular weight is 720 g/mol. The van der Waals surface area contributed by atoms with Crippen molar-refractivity contribution in [1.29, 1.82) is 0 Å². The Balaban J connectivity index is 1.08. The molecule has 0 aliphatic rings. The van der Waals surface area contributed by atoms with Crippen LogP contribution in [0.5, 0.6) is 0 Å². The van der Waals surface area contributed by atoms with E-state index in [0.717, 1.165) is 50.1 Å². The van der Waals surface area contributed by atoms with Gasteiger partial charge >= 0.3 is 0 Å². The highest BCUT2D eigenvalue weighted by atomic mass is 32.1. The second-order valence-corrected chi connectivity index (χ2v) is 15.1. The molecule has 0 fully saturated rings. The van der Waals surface area contributed by atoms with Gasteiger partial charge in [-0.2, -0.15) is 0 Å². The van der Waals surface area contributed by atoms with E-state index in [1.807, 2.05) is 23.5 Å². The van der Waals surface area contributed by atoms with Gasteiger partial charge in [0.1, 0.15) is 11.2 Å². The predicted molar refractivity (Wildman–Crippen MR) is 235 cm³/mol. The topological polar surface area (TPSA) is 16.4 Å². The molecule has 0 unspecified atom stereocenters. The number of nitrogens with zero attached hydrogens (tertiary/aromatic N) is 1. The molecule has 3 heteroatoms. The third-order valence-electron chi connectivity index (χ3n) is 10.9. The maximum absolute atomic E-state index is 6.26. The smallest absolute Gasteiger partial charge is 0.136 e. The van der Waals surface area contributed by atoms with Crippen LogP contribution in [0.15, 0.2) is 205 Å². The minimum Gasteiger partial charge on any atom is -0.456 e. The Labute approximate surface area is 322 Å². The van der Waals surface area contributed by atoms with Gasteiger partial charge in [0.25, 0.3) is 0 Å². The van der Waals surface area contributed by atoms with Crippen LogP contribution in [-0.4, -0.2) is 0 Å². The van der Waals surface area contributed by atoms with Crippen molar-refractivity contribution in [3.05, 3.63) is 200 Å². The Morgan fingerprint density at radius 1 is 0.382 bits per heavy atom. The molecule has 0 amide bonds. The zero-order valence-corrected chi connectivity index (χ0v) is 30.6. The van der Waals surface area contributed by atoms with E-state index >= 15 is 0 Å². The van der Waals surface area contributed by atoms with Gasteiger partial charge in [-0.15, -0.1) is 11.3 Å². The van der Waals surface area contributed by atoms with Crippen LogP contribution in [0.25, 0.3) is 86.3 Å². The van der Waals surface area contributed by atoms with Crippen LogP contribution in [0, 0.1) is 0 Å². The SMILES string of the molecule is c1ccc(-c2ccc(N(c3ccc(-c4ccc5c(c4)oc4ccccc45)cc3)c3ccc(-c4cccc5ccccc45)cc3)c3sc4ccccc4c23)cc1. The summed E-state index contributed by atoms with van der Waals surface area (Å²) in [6.07, 6.45) is 0. The molecule has 0 aliphatic heterocycles. The van der Waals surface area contributed by atoms with Gasteiger partial charge in [-0.25, -0.2) is 0 Å². The number of rotatable bonds is 6. The molecule has 2 aromatic heterocycles. The fourth-order valence-corrected chi connectivity index (χ4v) is 9.48. The molecule has 11 aromatic rings. The minimum absolute atomic E-state index is 0.904. The largest absolute Gasteiger partial charge is 0.456 e. The molecule has 0 N–H and O–H groups in total. The van der Waals surface area contributed by atoms with E-state index < -0.39 is 0 Å². The lowest BCUT2D eigenvalue weighted by Gasteiger charge is -2.27. The number of furan rings is 1. The zero-order valence-electron chi connectivity index (χ0n) is 29.8. The first kappa shape index (κ1) is 31.6. The number of para-hydroxylation sites is 1. The lowest BCUT2D eigenvalue weighted by molar-refractivity contribution is 0.669. The lowest BCUT2D eigenvalue weighted by atomic mass is 9.97. The molecule has 0 saturated heterocycles. The van der Waals surface area contributed by atoms with Crippen LogP contribution in [0.4, 0.5) is 17.1 Å². The summed E-state index contributed by atoms with van der Waals surface area (Å²) in [6, 6.07) is 72.2. The highest BCUT2D eigenvalue weighted by Gasteiger charge is 2.21. The summed E-state index contributed by atoms with van der Waals surface area (Å²) in [5.41, 5.74) is 12.4. The second-order valence-electron chi connectivity index (χ2n) is 14.1. The van der Waals surface area contributed by atoms with Crippen LogP contribution in [0.3, 0.4) is 0 Å². The molecule has 258 valence electrons. The maximum Gasteiger partial charge on any atom is 0.136 e. The van der Waals surface area contributed by atoms with E-state index in [1.165, 1.54) is 53.2 Å². The summed E-state index contributed by atoms with van der Waals surface area (Å²) < 4.78 is 8.80. The van der Waals surface area contributed by atoms with Gasteiger partial charge in [0.05, 0.1) is 10.4 Å². The number of anilines is 3. The van der Waals surface area contributed by atoms with Crippen molar-refractivity contribution in [2.45, 2.75) is 0 Å². The Bertz CT molecular complexity index is 3190. The van der Waals surface area contributed by atoms with Crippen molar-refractivity contribution in [1.82, 2.24) is 0 Å². The monoisotopic (exact) mass is 719 g/mol. The van der Waals surface area contributed by atoms with E-state index in [0.29, 0.717) is 0 Å². The van der Waals surface area contributed by atoms with Crippen LogP contribution >= 0.6 is 11.3 Å². The normalized spacial score (nSPS) is 11.6. The highest BCUT2D eigenvalue weighted by Crippen LogP contribution is 2.48. The van der Waals surface area contributed by atoms with E-state index in [2.05, 4.69) is 193 Å². The van der Waals surface area contributed by atoms with Gasteiger partial charge in [0.15, 0.2) is 0 Å². The van der Waals surface area contributed by atoms with Gasteiger partial charge in [-0.05, 0) is 98.8 Å². The van der Waals surface area contributed by atoms with Gasteiger partial charge in [-0.1, -0.05) is 146 Å². The fourth-order valence-electron chi connectivity index (χ4n) is 8.25. The lowest BCUT2D eigenvalue weighted by Crippen LogP contribution is -2.10. The fraction of sp³-hybridized carbons (Fsp3) is 0. The van der Waals surface area contributed by atoms with Gasteiger partial charge in [0.2, 0.25) is 0 Å². The summed E-state index contributed by atoms with van der Waals surface area (Å²) >= 11 is 1.87. The second kappa shape index (κ2) is 12.9. The molecule has 2 heterocycles. The molecule has 0 spiro atoms. The first-order valence-electron chi connectivity index (χ1n) is 18.7. The first-order chi connectivity index (χ1) is 27.3. The summed E-state index contributed by atoms with van der Waals surface area (Å²) in [4.78, 5) is 2.42. The van der Waals surface area contributed by atoms with E-state index in [4.69, 9.17) is 4.42 Å². The zero-order chi connectivity index (χ0) is 36.3. The van der Waals surface area contributed by atoms with E-state index in [-0.39, 0.29) is 0 Å². The molecule has 11 rings (SSSR count). The quantitative estimate of drug-likeness (QED) is 0.170. The number of hydrogen-bond acceptors (Lipinski definition) is 3. The number of fused-ring (bicyclic) bond motifs is 7. The highest BCUT2D eigenvalue weighted by molar-refractivity contribution is 7.26. The van der Waals surface area contributed by atoms with Crippen LogP contribution in [-0.2, 0) is 0 Å². The van der Waals surface area contributed by atoms with E-state index in [9.17, 15) is 0 Å². The number of benzene rings is 9. The molecule has 9 aromatic carbocycles. The Morgan fingerprint density at radius 2 is 1.00 bits per heavy atom. The number of hydrogen-bond donors (Lipinski definition) is 0.